The number of amides is 2. The van der Waals surface area contributed by atoms with E-state index in [0.29, 0.717) is 49.6 Å². The summed E-state index contributed by atoms with van der Waals surface area (Å²) in [7, 11) is 1.62. The number of rotatable bonds is 3. The number of benzene rings is 1. The fraction of sp³-hybridized carbons (Fsp3) is 0.579. The summed E-state index contributed by atoms with van der Waals surface area (Å²) in [5.74, 6) is 0.0173. The van der Waals surface area contributed by atoms with Gasteiger partial charge >= 0.3 is 0 Å². The molecule has 1 N–H and O–H groups in total. The Morgan fingerprint density at radius 3 is 2.44 bits per heavy atom. The summed E-state index contributed by atoms with van der Waals surface area (Å²) in [5, 5.41) is 3.83. The van der Waals surface area contributed by atoms with Crippen molar-refractivity contribution >= 4 is 35.8 Å². The third-order valence-electron chi connectivity index (χ3n) is 5.33. The second kappa shape index (κ2) is 9.73. The number of methoxy groups -OCH3 is 1. The van der Waals surface area contributed by atoms with Crippen molar-refractivity contribution in [1.82, 2.24) is 15.1 Å². The number of piperidine rings is 1. The molecular weight excluding hydrogens is 389 g/mol. The Bertz CT molecular complexity index is 665. The fourth-order valence-electron chi connectivity index (χ4n) is 3.75. The molecule has 2 fully saturated rings. The van der Waals surface area contributed by atoms with Crippen LogP contribution in [0.4, 0.5) is 0 Å². The second-order valence-corrected chi connectivity index (χ2v) is 7.33. The fourth-order valence-corrected chi connectivity index (χ4v) is 3.94. The molecule has 0 aliphatic carbocycles. The molecule has 2 aliphatic heterocycles. The molecule has 0 unspecified atom stereocenters. The van der Waals surface area contributed by atoms with Crippen molar-refractivity contribution in [3.63, 3.8) is 0 Å². The summed E-state index contributed by atoms with van der Waals surface area (Å²) < 4.78 is 5.66. The molecule has 0 saturated carbocycles. The molecule has 8 heteroatoms. The van der Waals surface area contributed by atoms with Gasteiger partial charge in [0.05, 0.1) is 0 Å². The van der Waals surface area contributed by atoms with Crippen LogP contribution in [0.25, 0.3) is 0 Å². The Kier molecular flexibility index (Phi) is 7.91. The predicted molar refractivity (Wildman–Crippen MR) is 108 cm³/mol. The van der Waals surface area contributed by atoms with Gasteiger partial charge in [0.2, 0.25) is 0 Å². The molecule has 0 spiro atoms. The minimum absolute atomic E-state index is 0. The van der Waals surface area contributed by atoms with E-state index in [0.717, 1.165) is 19.5 Å². The Labute approximate surface area is 171 Å². The normalized spacial score (nSPS) is 19.8. The van der Waals surface area contributed by atoms with Crippen LogP contribution in [0, 0.1) is 0 Å². The first-order chi connectivity index (χ1) is 12.6. The van der Waals surface area contributed by atoms with Crippen LogP contribution in [0.3, 0.4) is 0 Å². The van der Waals surface area contributed by atoms with E-state index in [-0.39, 0.29) is 24.2 Å². The van der Waals surface area contributed by atoms with Crippen molar-refractivity contribution < 1.29 is 14.3 Å². The zero-order valence-corrected chi connectivity index (χ0v) is 17.2. The van der Waals surface area contributed by atoms with Crippen LogP contribution in [0.15, 0.2) is 24.3 Å². The van der Waals surface area contributed by atoms with Gasteiger partial charge in [0.25, 0.3) is 11.8 Å². The number of nitrogens with one attached hydrogen (secondary N) is 1. The molecule has 0 bridgehead atoms. The summed E-state index contributed by atoms with van der Waals surface area (Å²) in [4.78, 5) is 29.5. The topological polar surface area (TPSA) is 61.9 Å². The van der Waals surface area contributed by atoms with Crippen LogP contribution in [0.2, 0.25) is 5.02 Å². The average molecular weight is 416 g/mol. The molecule has 2 saturated heterocycles. The average Bonchev–Trinajstić information content (AvgIpc) is 2.93. The summed E-state index contributed by atoms with van der Waals surface area (Å²) in [6, 6.07) is 7.00. The van der Waals surface area contributed by atoms with Gasteiger partial charge in [-0.1, -0.05) is 17.7 Å². The molecule has 3 rings (SSSR count). The maximum atomic E-state index is 13.1. The van der Waals surface area contributed by atoms with Crippen molar-refractivity contribution in [2.45, 2.75) is 24.9 Å². The lowest BCUT2D eigenvalue weighted by Crippen LogP contribution is -2.56. The van der Waals surface area contributed by atoms with E-state index in [9.17, 15) is 9.59 Å². The lowest BCUT2D eigenvalue weighted by Gasteiger charge is -2.38. The molecule has 6 nitrogen and oxygen atoms in total. The lowest BCUT2D eigenvalue weighted by atomic mass is 9.90. The predicted octanol–water partition coefficient (Wildman–Crippen LogP) is 2.20. The van der Waals surface area contributed by atoms with Crippen molar-refractivity contribution in [2.75, 3.05) is 46.4 Å². The van der Waals surface area contributed by atoms with Gasteiger partial charge in [-0.2, -0.15) is 0 Å². The van der Waals surface area contributed by atoms with E-state index in [4.69, 9.17) is 16.3 Å². The summed E-state index contributed by atoms with van der Waals surface area (Å²) in [6.45, 7) is 3.91. The number of hydrogen-bond acceptors (Lipinski definition) is 4. The minimum Gasteiger partial charge on any atom is -0.368 e. The Morgan fingerprint density at radius 1 is 1.11 bits per heavy atom. The van der Waals surface area contributed by atoms with E-state index in [2.05, 4.69) is 5.32 Å². The van der Waals surface area contributed by atoms with Gasteiger partial charge in [0.1, 0.15) is 5.60 Å². The first-order valence-electron chi connectivity index (χ1n) is 9.16. The highest BCUT2D eigenvalue weighted by Crippen LogP contribution is 2.26. The number of carbonyl (C=O) groups is 2. The Hall–Kier alpha value is -1.34. The van der Waals surface area contributed by atoms with Crippen LogP contribution in [0.1, 0.15) is 29.6 Å². The SMILES string of the molecule is COC1(C(=O)N2CCCN(C(=O)c3cccc(Cl)c3)CC2)CCNCC1.Cl. The largest absolute Gasteiger partial charge is 0.368 e. The third kappa shape index (κ3) is 4.93. The van der Waals surface area contributed by atoms with E-state index in [1.54, 1.807) is 36.3 Å². The lowest BCUT2D eigenvalue weighted by molar-refractivity contribution is -0.158. The van der Waals surface area contributed by atoms with Crippen molar-refractivity contribution in [3.8, 4) is 0 Å². The van der Waals surface area contributed by atoms with E-state index >= 15 is 0 Å². The quantitative estimate of drug-likeness (QED) is 0.821. The molecular formula is C19H27Cl2N3O3. The Balaban J connectivity index is 0.00000261. The van der Waals surface area contributed by atoms with Gasteiger partial charge < -0.3 is 19.9 Å². The molecule has 2 aliphatic rings. The second-order valence-electron chi connectivity index (χ2n) is 6.90. The molecule has 0 aromatic heterocycles. The summed E-state index contributed by atoms with van der Waals surface area (Å²) >= 11 is 6.00. The monoisotopic (exact) mass is 415 g/mol. The van der Waals surface area contributed by atoms with E-state index in [1.807, 2.05) is 4.90 Å². The molecule has 0 atom stereocenters. The van der Waals surface area contributed by atoms with Gasteiger partial charge in [-0.25, -0.2) is 0 Å². The number of halogens is 2. The number of carbonyl (C=O) groups excluding carboxylic acids is 2. The van der Waals surface area contributed by atoms with Crippen LogP contribution in [0.5, 0.6) is 0 Å². The van der Waals surface area contributed by atoms with Gasteiger partial charge in [-0.3, -0.25) is 9.59 Å². The van der Waals surface area contributed by atoms with Crippen LogP contribution in [-0.2, 0) is 9.53 Å². The standard InChI is InChI=1S/C19H26ClN3O3.ClH/c1-26-19(6-8-21-9-7-19)18(25)23-11-3-10-22(12-13-23)17(24)15-4-2-5-16(20)14-15;/h2,4-5,14,21H,3,6-13H2,1H3;1H. The van der Waals surface area contributed by atoms with Gasteiger partial charge in [-0.15, -0.1) is 12.4 Å². The third-order valence-corrected chi connectivity index (χ3v) is 5.57. The minimum atomic E-state index is -0.725. The van der Waals surface area contributed by atoms with E-state index in [1.165, 1.54) is 0 Å². The zero-order chi connectivity index (χ0) is 18.6. The number of ether oxygens (including phenoxy) is 1. The maximum Gasteiger partial charge on any atom is 0.254 e. The molecule has 150 valence electrons. The summed E-state index contributed by atoms with van der Waals surface area (Å²) in [5.41, 5.74) is -0.138. The maximum absolute atomic E-state index is 13.1. The van der Waals surface area contributed by atoms with Crippen molar-refractivity contribution in [2.24, 2.45) is 0 Å². The summed E-state index contributed by atoms with van der Waals surface area (Å²) in [6.07, 6.45) is 2.13. The first kappa shape index (κ1) is 22.0. The highest BCUT2D eigenvalue weighted by Gasteiger charge is 2.42. The highest BCUT2D eigenvalue weighted by molar-refractivity contribution is 6.30. The molecule has 27 heavy (non-hydrogen) atoms. The smallest absolute Gasteiger partial charge is 0.254 e. The molecule has 0 radical (unpaired) electrons. The van der Waals surface area contributed by atoms with Gasteiger partial charge in [0, 0.05) is 43.9 Å². The molecule has 2 heterocycles. The Morgan fingerprint density at radius 2 is 1.78 bits per heavy atom. The van der Waals surface area contributed by atoms with Crippen LogP contribution >= 0.6 is 24.0 Å². The molecule has 1 aromatic carbocycles. The van der Waals surface area contributed by atoms with Crippen LogP contribution in [-0.4, -0.2) is 73.6 Å². The van der Waals surface area contributed by atoms with Crippen LogP contribution < -0.4 is 5.32 Å². The van der Waals surface area contributed by atoms with Crippen molar-refractivity contribution in [1.29, 1.82) is 0 Å². The first-order valence-corrected chi connectivity index (χ1v) is 9.54. The van der Waals surface area contributed by atoms with E-state index < -0.39 is 5.60 Å². The molecule has 2 amide bonds. The number of nitrogens with zero attached hydrogens (tertiary/aromatic N) is 2. The zero-order valence-electron chi connectivity index (χ0n) is 15.6. The number of hydrogen-bond donors (Lipinski definition) is 1. The van der Waals surface area contributed by atoms with Crippen molar-refractivity contribution in [3.05, 3.63) is 34.9 Å². The van der Waals surface area contributed by atoms with Gasteiger partial charge in [-0.05, 0) is 50.6 Å². The molecule has 1 aromatic rings. The van der Waals surface area contributed by atoms with Gasteiger partial charge in [0.15, 0.2) is 0 Å². The highest BCUT2D eigenvalue weighted by atomic mass is 35.5.